The summed E-state index contributed by atoms with van der Waals surface area (Å²) in [7, 11) is 0. The lowest BCUT2D eigenvalue weighted by molar-refractivity contribution is -0.145. The molecule has 0 aliphatic carbocycles. The second-order valence-electron chi connectivity index (χ2n) is 5.66. The number of thiophene rings is 1. The van der Waals surface area contributed by atoms with Crippen LogP contribution >= 0.6 is 23.1 Å². The fraction of sp³-hybridized carbons (Fsp3) is 0.267. The van der Waals surface area contributed by atoms with E-state index in [1.807, 2.05) is 5.38 Å². The van der Waals surface area contributed by atoms with Gasteiger partial charge in [0.1, 0.15) is 10.6 Å². The van der Waals surface area contributed by atoms with Crippen LogP contribution in [-0.2, 0) is 4.79 Å². The van der Waals surface area contributed by atoms with Crippen LogP contribution in [0.15, 0.2) is 38.1 Å². The van der Waals surface area contributed by atoms with Crippen LogP contribution in [0.25, 0.3) is 21.5 Å². The van der Waals surface area contributed by atoms with Gasteiger partial charge in [-0.15, -0.1) is 11.3 Å². The highest BCUT2D eigenvalue weighted by Crippen LogP contribution is 2.32. The number of nitrogens with zero attached hydrogens (tertiary/aromatic N) is 1. The van der Waals surface area contributed by atoms with Crippen molar-refractivity contribution in [2.75, 3.05) is 5.75 Å². The van der Waals surface area contributed by atoms with E-state index in [1.165, 1.54) is 23.1 Å². The topological polar surface area (TPSA) is 96.2 Å². The van der Waals surface area contributed by atoms with Crippen LogP contribution in [-0.4, -0.2) is 26.8 Å². The van der Waals surface area contributed by atoms with Gasteiger partial charge in [-0.2, -0.15) is 0 Å². The Morgan fingerprint density at radius 2 is 2.30 bits per heavy atom. The first kappa shape index (κ1) is 15.8. The van der Waals surface area contributed by atoms with Crippen molar-refractivity contribution in [3.05, 3.63) is 34.1 Å². The zero-order valence-electron chi connectivity index (χ0n) is 12.5. The summed E-state index contributed by atoms with van der Waals surface area (Å²) in [6, 6.07) is 3.55. The largest absolute Gasteiger partial charge is 0.481 e. The van der Waals surface area contributed by atoms with Gasteiger partial charge in [-0.1, -0.05) is 11.8 Å². The average molecular weight is 350 g/mol. The Labute approximate surface area is 139 Å². The first-order valence-corrected chi connectivity index (χ1v) is 8.66. The molecule has 0 unspecified atom stereocenters. The molecule has 2 N–H and O–H groups in total. The molecule has 0 atom stereocenters. The van der Waals surface area contributed by atoms with Crippen molar-refractivity contribution in [1.82, 2.24) is 9.97 Å². The number of hydrogen-bond acceptors (Lipinski definition) is 6. The van der Waals surface area contributed by atoms with E-state index < -0.39 is 11.4 Å². The van der Waals surface area contributed by atoms with E-state index in [1.54, 1.807) is 32.2 Å². The zero-order chi connectivity index (χ0) is 16.6. The predicted molar refractivity (Wildman–Crippen MR) is 90.1 cm³/mol. The van der Waals surface area contributed by atoms with Gasteiger partial charge < -0.3 is 14.5 Å². The SMILES string of the molecule is CC(C)(CSc1nc2scc(-c3ccco3)c2c(=O)[nH]1)C(=O)O. The first-order chi connectivity index (χ1) is 10.9. The molecule has 120 valence electrons. The van der Waals surface area contributed by atoms with Crippen molar-refractivity contribution in [2.24, 2.45) is 5.41 Å². The molecule has 0 amide bonds. The second kappa shape index (κ2) is 5.86. The summed E-state index contributed by atoms with van der Waals surface area (Å²) in [5.74, 6) is 0.0494. The van der Waals surface area contributed by atoms with E-state index >= 15 is 0 Å². The number of carboxylic acid groups (broad SMARTS) is 1. The highest BCUT2D eigenvalue weighted by molar-refractivity contribution is 7.99. The summed E-state index contributed by atoms with van der Waals surface area (Å²) in [6.45, 7) is 3.28. The van der Waals surface area contributed by atoms with Gasteiger partial charge in [0.05, 0.1) is 17.1 Å². The summed E-state index contributed by atoms with van der Waals surface area (Å²) in [4.78, 5) is 31.3. The lowest BCUT2D eigenvalue weighted by Crippen LogP contribution is -2.26. The van der Waals surface area contributed by atoms with E-state index in [0.717, 1.165) is 0 Å². The highest BCUT2D eigenvalue weighted by atomic mass is 32.2. The molecule has 0 spiro atoms. The minimum atomic E-state index is -0.896. The van der Waals surface area contributed by atoms with Crippen molar-refractivity contribution >= 4 is 39.3 Å². The number of rotatable bonds is 5. The third-order valence-corrected chi connectivity index (χ3v) is 5.56. The van der Waals surface area contributed by atoms with Gasteiger partial charge in [0.2, 0.25) is 0 Å². The molecule has 3 heterocycles. The lowest BCUT2D eigenvalue weighted by atomic mass is 9.97. The molecule has 0 aliphatic heterocycles. The number of carboxylic acids is 1. The molecular formula is C15H14N2O4S2. The molecule has 6 nitrogen and oxygen atoms in total. The van der Waals surface area contributed by atoms with Crippen LogP contribution in [0.2, 0.25) is 0 Å². The number of thioether (sulfide) groups is 1. The number of H-pyrrole nitrogens is 1. The molecule has 0 saturated heterocycles. The Balaban J connectivity index is 1.94. The Hall–Kier alpha value is -2.06. The van der Waals surface area contributed by atoms with E-state index in [-0.39, 0.29) is 5.56 Å². The fourth-order valence-corrected chi connectivity index (χ4v) is 3.85. The van der Waals surface area contributed by atoms with Gasteiger partial charge in [-0.25, -0.2) is 4.98 Å². The molecule has 3 rings (SSSR count). The number of carbonyl (C=O) groups is 1. The normalized spacial score (nSPS) is 11.9. The summed E-state index contributed by atoms with van der Waals surface area (Å²) in [6.07, 6.45) is 1.55. The van der Waals surface area contributed by atoms with Crippen LogP contribution < -0.4 is 5.56 Å². The van der Waals surface area contributed by atoms with Gasteiger partial charge in [-0.05, 0) is 26.0 Å². The van der Waals surface area contributed by atoms with Gasteiger partial charge in [0.25, 0.3) is 5.56 Å². The Morgan fingerprint density at radius 3 is 2.96 bits per heavy atom. The van der Waals surface area contributed by atoms with E-state index in [2.05, 4.69) is 9.97 Å². The molecule has 0 bridgehead atoms. The molecule has 0 fully saturated rings. The monoisotopic (exact) mass is 350 g/mol. The molecule has 8 heteroatoms. The summed E-state index contributed by atoms with van der Waals surface area (Å²) in [5.41, 5.74) is -0.433. The molecular weight excluding hydrogens is 336 g/mol. The van der Waals surface area contributed by atoms with E-state index in [4.69, 9.17) is 9.52 Å². The van der Waals surface area contributed by atoms with Crippen LogP contribution in [0.3, 0.4) is 0 Å². The number of fused-ring (bicyclic) bond motifs is 1. The van der Waals surface area contributed by atoms with Crippen LogP contribution in [0.4, 0.5) is 0 Å². The van der Waals surface area contributed by atoms with Crippen molar-refractivity contribution in [2.45, 2.75) is 19.0 Å². The Kier molecular flexibility index (Phi) is 4.03. The molecule has 0 aliphatic rings. The maximum Gasteiger partial charge on any atom is 0.309 e. The van der Waals surface area contributed by atoms with Gasteiger partial charge in [0, 0.05) is 16.7 Å². The number of nitrogens with one attached hydrogen (secondary N) is 1. The zero-order valence-corrected chi connectivity index (χ0v) is 14.1. The summed E-state index contributed by atoms with van der Waals surface area (Å²) in [5, 5.41) is 11.9. The number of furan rings is 1. The molecule has 3 aromatic rings. The quantitative estimate of drug-likeness (QED) is 0.540. The van der Waals surface area contributed by atoms with Crippen molar-refractivity contribution in [3.63, 3.8) is 0 Å². The van der Waals surface area contributed by atoms with E-state index in [9.17, 15) is 9.59 Å². The fourth-order valence-electron chi connectivity index (χ4n) is 1.92. The average Bonchev–Trinajstić information content (AvgIpc) is 3.13. The number of aromatic nitrogens is 2. The third-order valence-electron chi connectivity index (χ3n) is 3.36. The van der Waals surface area contributed by atoms with Crippen molar-refractivity contribution in [3.8, 4) is 11.3 Å². The Morgan fingerprint density at radius 1 is 1.52 bits per heavy atom. The summed E-state index contributed by atoms with van der Waals surface area (Å²) >= 11 is 2.59. The smallest absolute Gasteiger partial charge is 0.309 e. The number of hydrogen-bond donors (Lipinski definition) is 2. The van der Waals surface area contributed by atoms with Gasteiger partial charge >= 0.3 is 5.97 Å². The molecule has 0 aromatic carbocycles. The standard InChI is InChI=1S/C15H14N2O4S2/c1-15(2,13(19)20)7-23-14-16-11(18)10-8(6-22-12(10)17-14)9-4-3-5-21-9/h3-6H,7H2,1-2H3,(H,19,20)(H,16,17,18). The minimum Gasteiger partial charge on any atom is -0.481 e. The molecule has 0 radical (unpaired) electrons. The number of aliphatic carboxylic acids is 1. The van der Waals surface area contributed by atoms with E-state index in [0.29, 0.717) is 32.4 Å². The summed E-state index contributed by atoms with van der Waals surface area (Å²) < 4.78 is 5.35. The molecule has 23 heavy (non-hydrogen) atoms. The second-order valence-corrected chi connectivity index (χ2v) is 7.48. The maximum absolute atomic E-state index is 12.4. The number of aromatic amines is 1. The van der Waals surface area contributed by atoms with Crippen molar-refractivity contribution in [1.29, 1.82) is 0 Å². The van der Waals surface area contributed by atoms with Gasteiger partial charge in [-0.3, -0.25) is 9.59 Å². The van der Waals surface area contributed by atoms with Crippen LogP contribution in [0.5, 0.6) is 0 Å². The molecule has 0 saturated carbocycles. The maximum atomic E-state index is 12.4. The Bertz CT molecular complexity index is 909. The van der Waals surface area contributed by atoms with Crippen LogP contribution in [0, 0.1) is 5.41 Å². The third kappa shape index (κ3) is 3.04. The van der Waals surface area contributed by atoms with Crippen molar-refractivity contribution < 1.29 is 14.3 Å². The minimum absolute atomic E-state index is 0.252. The highest BCUT2D eigenvalue weighted by Gasteiger charge is 2.27. The van der Waals surface area contributed by atoms with Gasteiger partial charge in [0.15, 0.2) is 5.16 Å². The molecule has 3 aromatic heterocycles. The lowest BCUT2D eigenvalue weighted by Gasteiger charge is -2.17. The van der Waals surface area contributed by atoms with Crippen LogP contribution in [0.1, 0.15) is 13.8 Å². The first-order valence-electron chi connectivity index (χ1n) is 6.80. The predicted octanol–water partition coefficient (Wildman–Crippen LogP) is 3.45.